The standard InChI is InChI=1S/C13H19NO3/c1-3-14(4-2)10-5-6-11(12(15)9-10)13-16-7-8-17-13/h5-6,9,13,15H,3-4,7-8H2,1-2H3. The van der Waals surface area contributed by atoms with Crippen molar-refractivity contribution in [3.05, 3.63) is 23.8 Å². The van der Waals surface area contributed by atoms with Crippen molar-refractivity contribution in [2.45, 2.75) is 20.1 Å². The predicted molar refractivity (Wildman–Crippen MR) is 66.3 cm³/mol. The highest BCUT2D eigenvalue weighted by molar-refractivity contribution is 5.53. The Morgan fingerprint density at radius 3 is 2.41 bits per heavy atom. The molecule has 0 unspecified atom stereocenters. The summed E-state index contributed by atoms with van der Waals surface area (Å²) in [6, 6.07) is 5.64. The van der Waals surface area contributed by atoms with Gasteiger partial charge in [0.25, 0.3) is 0 Å². The average Bonchev–Trinajstić information content (AvgIpc) is 2.84. The van der Waals surface area contributed by atoms with Gasteiger partial charge in [-0.05, 0) is 26.0 Å². The Hall–Kier alpha value is -1.26. The SMILES string of the molecule is CCN(CC)c1ccc(C2OCCO2)c(O)c1. The normalized spacial score (nSPS) is 16.4. The van der Waals surface area contributed by atoms with Crippen molar-refractivity contribution in [1.82, 2.24) is 0 Å². The summed E-state index contributed by atoms with van der Waals surface area (Å²) in [4.78, 5) is 2.18. The molecule has 4 nitrogen and oxygen atoms in total. The summed E-state index contributed by atoms with van der Waals surface area (Å²) in [7, 11) is 0. The van der Waals surface area contributed by atoms with Crippen LogP contribution in [-0.2, 0) is 9.47 Å². The van der Waals surface area contributed by atoms with Crippen LogP contribution in [-0.4, -0.2) is 31.4 Å². The molecule has 17 heavy (non-hydrogen) atoms. The van der Waals surface area contributed by atoms with Crippen LogP contribution in [0, 0.1) is 0 Å². The highest BCUT2D eigenvalue weighted by Crippen LogP contribution is 2.33. The Morgan fingerprint density at radius 1 is 1.24 bits per heavy atom. The second-order valence-corrected chi connectivity index (χ2v) is 3.99. The Morgan fingerprint density at radius 2 is 1.88 bits per heavy atom. The Balaban J connectivity index is 2.21. The zero-order valence-corrected chi connectivity index (χ0v) is 10.3. The van der Waals surface area contributed by atoms with Gasteiger partial charge in [-0.15, -0.1) is 0 Å². The van der Waals surface area contributed by atoms with Crippen molar-refractivity contribution in [2.75, 3.05) is 31.2 Å². The third kappa shape index (κ3) is 2.53. The maximum absolute atomic E-state index is 10.0. The lowest BCUT2D eigenvalue weighted by Crippen LogP contribution is -2.21. The van der Waals surface area contributed by atoms with Crippen molar-refractivity contribution < 1.29 is 14.6 Å². The summed E-state index contributed by atoms with van der Waals surface area (Å²) in [6.07, 6.45) is -0.416. The van der Waals surface area contributed by atoms with E-state index >= 15 is 0 Å². The number of aromatic hydroxyl groups is 1. The van der Waals surface area contributed by atoms with Gasteiger partial charge in [-0.1, -0.05) is 0 Å². The van der Waals surface area contributed by atoms with Crippen molar-refractivity contribution in [2.24, 2.45) is 0 Å². The summed E-state index contributed by atoms with van der Waals surface area (Å²) in [6.45, 7) is 7.20. The van der Waals surface area contributed by atoms with Crippen LogP contribution in [0.2, 0.25) is 0 Å². The van der Waals surface area contributed by atoms with Crippen LogP contribution in [0.1, 0.15) is 25.7 Å². The molecule has 1 saturated heterocycles. The molecular formula is C13H19NO3. The van der Waals surface area contributed by atoms with Gasteiger partial charge in [0.05, 0.1) is 13.2 Å². The number of rotatable bonds is 4. The van der Waals surface area contributed by atoms with Crippen LogP contribution in [0.4, 0.5) is 5.69 Å². The van der Waals surface area contributed by atoms with Crippen LogP contribution in [0.3, 0.4) is 0 Å². The zero-order valence-electron chi connectivity index (χ0n) is 10.3. The fourth-order valence-corrected chi connectivity index (χ4v) is 2.05. The topological polar surface area (TPSA) is 41.9 Å². The van der Waals surface area contributed by atoms with Crippen molar-refractivity contribution in [1.29, 1.82) is 0 Å². The van der Waals surface area contributed by atoms with Gasteiger partial charge in [0, 0.05) is 30.4 Å². The number of nitrogens with zero attached hydrogens (tertiary/aromatic N) is 1. The first-order chi connectivity index (χ1) is 8.26. The van der Waals surface area contributed by atoms with E-state index in [1.807, 2.05) is 12.1 Å². The number of hydrogen-bond acceptors (Lipinski definition) is 4. The quantitative estimate of drug-likeness (QED) is 0.872. The minimum atomic E-state index is -0.416. The van der Waals surface area contributed by atoms with Gasteiger partial charge in [0.1, 0.15) is 5.75 Å². The van der Waals surface area contributed by atoms with E-state index in [4.69, 9.17) is 9.47 Å². The molecular weight excluding hydrogens is 218 g/mol. The molecule has 1 aromatic carbocycles. The Kier molecular flexibility index (Phi) is 3.86. The van der Waals surface area contributed by atoms with Crippen LogP contribution < -0.4 is 4.90 Å². The molecule has 1 fully saturated rings. The molecule has 0 atom stereocenters. The van der Waals surface area contributed by atoms with Gasteiger partial charge < -0.3 is 19.5 Å². The van der Waals surface area contributed by atoms with E-state index in [0.29, 0.717) is 18.8 Å². The lowest BCUT2D eigenvalue weighted by atomic mass is 10.1. The minimum absolute atomic E-state index is 0.237. The van der Waals surface area contributed by atoms with E-state index in [0.717, 1.165) is 18.8 Å². The Bertz CT molecular complexity index is 371. The largest absolute Gasteiger partial charge is 0.507 e. The number of phenolic OH excluding ortho intramolecular Hbond substituents is 1. The van der Waals surface area contributed by atoms with Crippen molar-refractivity contribution >= 4 is 5.69 Å². The molecule has 0 bridgehead atoms. The molecule has 1 aliphatic rings. The highest BCUT2D eigenvalue weighted by atomic mass is 16.7. The van der Waals surface area contributed by atoms with Crippen LogP contribution in [0.25, 0.3) is 0 Å². The molecule has 0 aliphatic carbocycles. The lowest BCUT2D eigenvalue weighted by Gasteiger charge is -2.22. The van der Waals surface area contributed by atoms with Crippen molar-refractivity contribution in [3.8, 4) is 5.75 Å². The van der Waals surface area contributed by atoms with Crippen LogP contribution in [0.15, 0.2) is 18.2 Å². The highest BCUT2D eigenvalue weighted by Gasteiger charge is 2.21. The molecule has 0 spiro atoms. The maximum atomic E-state index is 10.0. The monoisotopic (exact) mass is 237 g/mol. The van der Waals surface area contributed by atoms with Gasteiger partial charge in [0.2, 0.25) is 0 Å². The molecule has 0 saturated carbocycles. The summed E-state index contributed by atoms with van der Waals surface area (Å²) in [5.74, 6) is 0.237. The second-order valence-electron chi connectivity index (χ2n) is 3.99. The maximum Gasteiger partial charge on any atom is 0.187 e. The van der Waals surface area contributed by atoms with E-state index in [2.05, 4.69) is 18.7 Å². The van der Waals surface area contributed by atoms with Gasteiger partial charge in [-0.2, -0.15) is 0 Å². The fourth-order valence-electron chi connectivity index (χ4n) is 2.05. The molecule has 0 radical (unpaired) electrons. The molecule has 1 heterocycles. The molecule has 2 rings (SSSR count). The molecule has 0 amide bonds. The molecule has 4 heteroatoms. The number of benzene rings is 1. The minimum Gasteiger partial charge on any atom is -0.507 e. The number of ether oxygens (including phenoxy) is 2. The fraction of sp³-hybridized carbons (Fsp3) is 0.538. The smallest absolute Gasteiger partial charge is 0.187 e. The third-order valence-corrected chi connectivity index (χ3v) is 3.02. The lowest BCUT2D eigenvalue weighted by molar-refractivity contribution is -0.0454. The second kappa shape index (κ2) is 5.38. The summed E-state index contributed by atoms with van der Waals surface area (Å²) >= 11 is 0. The first-order valence-electron chi connectivity index (χ1n) is 6.07. The third-order valence-electron chi connectivity index (χ3n) is 3.02. The van der Waals surface area contributed by atoms with Crippen molar-refractivity contribution in [3.63, 3.8) is 0 Å². The van der Waals surface area contributed by atoms with E-state index < -0.39 is 6.29 Å². The van der Waals surface area contributed by atoms with E-state index in [1.54, 1.807) is 6.07 Å². The van der Waals surface area contributed by atoms with Gasteiger partial charge >= 0.3 is 0 Å². The first kappa shape index (κ1) is 12.2. The van der Waals surface area contributed by atoms with Gasteiger partial charge in [0.15, 0.2) is 6.29 Å². The molecule has 1 N–H and O–H groups in total. The van der Waals surface area contributed by atoms with Gasteiger partial charge in [-0.25, -0.2) is 0 Å². The molecule has 94 valence electrons. The number of hydrogen-bond donors (Lipinski definition) is 1. The molecule has 1 aromatic rings. The average molecular weight is 237 g/mol. The summed E-state index contributed by atoms with van der Waals surface area (Å²) in [5.41, 5.74) is 1.73. The zero-order chi connectivity index (χ0) is 12.3. The summed E-state index contributed by atoms with van der Waals surface area (Å²) < 4.78 is 10.8. The number of phenols is 1. The van der Waals surface area contributed by atoms with E-state index in [9.17, 15) is 5.11 Å². The summed E-state index contributed by atoms with van der Waals surface area (Å²) in [5, 5.41) is 10.0. The van der Waals surface area contributed by atoms with E-state index in [-0.39, 0.29) is 5.75 Å². The van der Waals surface area contributed by atoms with Crippen LogP contribution in [0.5, 0.6) is 5.75 Å². The molecule has 1 aliphatic heterocycles. The number of anilines is 1. The van der Waals surface area contributed by atoms with E-state index in [1.165, 1.54) is 0 Å². The van der Waals surface area contributed by atoms with Gasteiger partial charge in [-0.3, -0.25) is 0 Å². The first-order valence-corrected chi connectivity index (χ1v) is 6.07. The predicted octanol–water partition coefficient (Wildman–Crippen LogP) is 2.28. The molecule has 0 aromatic heterocycles. The Labute approximate surface area is 102 Å². The van der Waals surface area contributed by atoms with Crippen LogP contribution >= 0.6 is 0 Å².